The van der Waals surface area contributed by atoms with Crippen LogP contribution in [0.25, 0.3) is 0 Å². The normalized spacial score (nSPS) is 13.4. The number of carbonyl (C=O) groups is 2. The fourth-order valence-corrected chi connectivity index (χ4v) is 2.92. The van der Waals surface area contributed by atoms with Crippen molar-refractivity contribution < 1.29 is 9.59 Å². The molecule has 0 fully saturated rings. The average Bonchev–Trinajstić information content (AvgIpc) is 2.57. The number of nitrogens with zero attached hydrogens (tertiary/aromatic N) is 1. The molecule has 0 aliphatic carbocycles. The monoisotopic (exact) mass is 348 g/mol. The lowest BCUT2D eigenvalue weighted by atomic mass is 10.0. The number of fused-ring (bicyclic) bond motifs is 1. The summed E-state index contributed by atoms with van der Waals surface area (Å²) in [6, 6.07) is 12.3. The molecule has 0 aromatic heterocycles. The number of hydrogen-bond acceptors (Lipinski definition) is 2. The summed E-state index contributed by atoms with van der Waals surface area (Å²) >= 11 is 11.8. The van der Waals surface area contributed by atoms with Gasteiger partial charge in [0.2, 0.25) is 0 Å². The lowest BCUT2D eigenvalue weighted by Crippen LogP contribution is -2.42. The summed E-state index contributed by atoms with van der Waals surface area (Å²) in [5.74, 6) is -1.27. The van der Waals surface area contributed by atoms with Crippen molar-refractivity contribution in [2.24, 2.45) is 0 Å². The summed E-state index contributed by atoms with van der Waals surface area (Å²) in [7, 11) is 0. The Bertz CT molecular complexity index is 777. The highest BCUT2D eigenvalue weighted by Crippen LogP contribution is 2.28. The minimum atomic E-state index is -0.694. The van der Waals surface area contributed by atoms with Crippen LogP contribution in [0.2, 0.25) is 10.0 Å². The van der Waals surface area contributed by atoms with Crippen molar-refractivity contribution >= 4 is 46.4 Å². The Morgan fingerprint density at radius 1 is 1.04 bits per heavy atom. The van der Waals surface area contributed by atoms with Crippen molar-refractivity contribution in [2.45, 2.75) is 12.8 Å². The maximum absolute atomic E-state index is 12.5. The Balaban J connectivity index is 1.78. The predicted octanol–water partition coefficient (Wildman–Crippen LogP) is 3.91. The number of halogens is 2. The molecule has 1 aliphatic heterocycles. The largest absolute Gasteiger partial charge is 0.318 e. The van der Waals surface area contributed by atoms with E-state index < -0.39 is 11.8 Å². The highest BCUT2D eigenvalue weighted by atomic mass is 35.5. The zero-order valence-electron chi connectivity index (χ0n) is 12.2. The van der Waals surface area contributed by atoms with Crippen LogP contribution >= 0.6 is 23.2 Å². The number of rotatable bonds is 1. The van der Waals surface area contributed by atoms with E-state index in [1.807, 2.05) is 24.3 Å². The molecule has 0 unspecified atom stereocenters. The molecule has 0 atom stereocenters. The van der Waals surface area contributed by atoms with Crippen molar-refractivity contribution in [3.63, 3.8) is 0 Å². The van der Waals surface area contributed by atoms with Gasteiger partial charge in [-0.15, -0.1) is 0 Å². The van der Waals surface area contributed by atoms with E-state index in [9.17, 15) is 9.59 Å². The molecule has 23 heavy (non-hydrogen) atoms. The van der Waals surface area contributed by atoms with Crippen LogP contribution in [0.1, 0.15) is 12.0 Å². The van der Waals surface area contributed by atoms with E-state index in [2.05, 4.69) is 5.32 Å². The molecule has 0 saturated heterocycles. The van der Waals surface area contributed by atoms with Gasteiger partial charge in [-0.1, -0.05) is 41.4 Å². The van der Waals surface area contributed by atoms with E-state index in [1.165, 1.54) is 11.0 Å². The topological polar surface area (TPSA) is 49.4 Å². The fraction of sp³-hybridized carbons (Fsp3) is 0.176. The molecule has 2 aromatic carbocycles. The molecule has 1 aliphatic rings. The third kappa shape index (κ3) is 3.33. The molecule has 0 bridgehead atoms. The molecule has 4 nitrogen and oxygen atoms in total. The molecule has 1 N–H and O–H groups in total. The van der Waals surface area contributed by atoms with E-state index >= 15 is 0 Å². The smallest absolute Gasteiger partial charge is 0.316 e. The van der Waals surface area contributed by atoms with Crippen LogP contribution in [-0.2, 0) is 16.0 Å². The zero-order chi connectivity index (χ0) is 16.4. The van der Waals surface area contributed by atoms with E-state index in [0.29, 0.717) is 22.3 Å². The van der Waals surface area contributed by atoms with Crippen LogP contribution < -0.4 is 10.2 Å². The van der Waals surface area contributed by atoms with E-state index in [1.54, 1.807) is 12.1 Å². The third-order valence-electron chi connectivity index (χ3n) is 3.73. The van der Waals surface area contributed by atoms with Gasteiger partial charge in [0, 0.05) is 17.9 Å². The van der Waals surface area contributed by atoms with Crippen molar-refractivity contribution in [3.05, 3.63) is 58.1 Å². The first-order chi connectivity index (χ1) is 11.1. The molecule has 2 amide bonds. The van der Waals surface area contributed by atoms with E-state index in [-0.39, 0.29) is 0 Å². The van der Waals surface area contributed by atoms with Crippen molar-refractivity contribution in [2.75, 3.05) is 16.8 Å². The maximum atomic E-state index is 12.5. The van der Waals surface area contributed by atoms with Crippen molar-refractivity contribution in [1.29, 1.82) is 0 Å². The Morgan fingerprint density at radius 2 is 1.83 bits per heavy atom. The van der Waals surface area contributed by atoms with Crippen LogP contribution in [0.3, 0.4) is 0 Å². The quantitative estimate of drug-likeness (QED) is 0.794. The van der Waals surface area contributed by atoms with Crippen LogP contribution in [0.5, 0.6) is 0 Å². The van der Waals surface area contributed by atoms with Gasteiger partial charge in [-0.25, -0.2) is 0 Å². The van der Waals surface area contributed by atoms with Gasteiger partial charge in [0.25, 0.3) is 0 Å². The van der Waals surface area contributed by atoms with Gasteiger partial charge in [-0.05, 0) is 42.7 Å². The fourth-order valence-electron chi connectivity index (χ4n) is 2.63. The van der Waals surface area contributed by atoms with Gasteiger partial charge < -0.3 is 10.2 Å². The van der Waals surface area contributed by atoms with Crippen LogP contribution in [0.4, 0.5) is 11.4 Å². The number of nitrogens with one attached hydrogen (secondary N) is 1. The molecule has 0 saturated carbocycles. The van der Waals surface area contributed by atoms with Crippen LogP contribution in [0.15, 0.2) is 42.5 Å². The number of anilines is 2. The summed E-state index contributed by atoms with van der Waals surface area (Å²) in [5.41, 5.74) is 2.31. The second-order valence-corrected chi connectivity index (χ2v) is 6.09. The highest BCUT2D eigenvalue weighted by Gasteiger charge is 2.27. The summed E-state index contributed by atoms with van der Waals surface area (Å²) < 4.78 is 0. The lowest BCUT2D eigenvalue weighted by molar-refractivity contribution is -0.134. The number of benzene rings is 2. The molecule has 3 rings (SSSR count). The van der Waals surface area contributed by atoms with Crippen molar-refractivity contribution in [1.82, 2.24) is 0 Å². The SMILES string of the molecule is O=C(Nc1ccc(Cl)c(Cl)c1)C(=O)N1CCCc2ccccc21. The van der Waals surface area contributed by atoms with Gasteiger partial charge >= 0.3 is 11.8 Å². The number of para-hydroxylation sites is 1. The molecule has 118 valence electrons. The number of amides is 2. The lowest BCUT2D eigenvalue weighted by Gasteiger charge is -2.28. The molecule has 1 heterocycles. The van der Waals surface area contributed by atoms with Gasteiger partial charge in [-0.2, -0.15) is 0 Å². The first-order valence-corrected chi connectivity index (χ1v) is 7.97. The van der Waals surface area contributed by atoms with Crippen LogP contribution in [0, 0.1) is 0 Å². The summed E-state index contributed by atoms with van der Waals surface area (Å²) in [5, 5.41) is 3.27. The van der Waals surface area contributed by atoms with Gasteiger partial charge in [0.05, 0.1) is 10.0 Å². The summed E-state index contributed by atoms with van der Waals surface area (Å²) in [4.78, 5) is 26.2. The second kappa shape index (κ2) is 6.60. The number of carbonyl (C=O) groups excluding carboxylic acids is 2. The minimum Gasteiger partial charge on any atom is -0.318 e. The molecule has 2 aromatic rings. The molecular weight excluding hydrogens is 335 g/mol. The Hall–Kier alpha value is -2.04. The van der Waals surface area contributed by atoms with E-state index in [4.69, 9.17) is 23.2 Å². The zero-order valence-corrected chi connectivity index (χ0v) is 13.7. The molecular formula is C17H14Cl2N2O2. The summed E-state index contributed by atoms with van der Waals surface area (Å²) in [6.45, 7) is 0.532. The standard InChI is InChI=1S/C17H14Cl2N2O2/c18-13-8-7-12(10-14(13)19)20-16(22)17(23)21-9-3-5-11-4-1-2-6-15(11)21/h1-2,4,6-8,10H,3,5,9H2,(H,20,22). The molecule has 0 radical (unpaired) electrons. The predicted molar refractivity (Wildman–Crippen MR) is 92.2 cm³/mol. The number of aryl methyl sites for hydroxylation is 1. The maximum Gasteiger partial charge on any atom is 0.316 e. The second-order valence-electron chi connectivity index (χ2n) is 5.27. The Labute approximate surface area is 144 Å². The first kappa shape index (κ1) is 15.8. The molecule has 0 spiro atoms. The Kier molecular flexibility index (Phi) is 4.55. The average molecular weight is 349 g/mol. The third-order valence-corrected chi connectivity index (χ3v) is 4.47. The summed E-state index contributed by atoms with van der Waals surface area (Å²) in [6.07, 6.45) is 1.75. The molecule has 6 heteroatoms. The van der Waals surface area contributed by atoms with E-state index in [0.717, 1.165) is 24.1 Å². The first-order valence-electron chi connectivity index (χ1n) is 7.22. The van der Waals surface area contributed by atoms with Gasteiger partial charge in [0.1, 0.15) is 0 Å². The van der Waals surface area contributed by atoms with Gasteiger partial charge in [0.15, 0.2) is 0 Å². The number of hydrogen-bond donors (Lipinski definition) is 1. The van der Waals surface area contributed by atoms with Crippen LogP contribution in [-0.4, -0.2) is 18.4 Å². The van der Waals surface area contributed by atoms with Crippen molar-refractivity contribution in [3.8, 4) is 0 Å². The minimum absolute atomic E-state index is 0.320. The Morgan fingerprint density at radius 3 is 2.61 bits per heavy atom. The van der Waals surface area contributed by atoms with Gasteiger partial charge in [-0.3, -0.25) is 9.59 Å². The highest BCUT2D eigenvalue weighted by molar-refractivity contribution is 6.45.